The van der Waals surface area contributed by atoms with Crippen molar-refractivity contribution in [3.05, 3.63) is 27.8 Å². The van der Waals surface area contributed by atoms with Gasteiger partial charge in [-0.1, -0.05) is 11.6 Å². The highest BCUT2D eigenvalue weighted by molar-refractivity contribution is 6.32. The molecule has 0 heterocycles. The Balaban J connectivity index is 2.54. The monoisotopic (exact) mass is 240 g/mol. The molecule has 0 fully saturated rings. The molecular weight excluding hydrogens is 224 g/mol. The van der Waals surface area contributed by atoms with Gasteiger partial charge in [0.2, 0.25) is 0 Å². The van der Waals surface area contributed by atoms with Gasteiger partial charge in [0.05, 0.1) is 12.1 Å². The summed E-state index contributed by atoms with van der Waals surface area (Å²) in [6.07, 6.45) is 5.26. The normalized spacial score (nSPS) is 14.7. The Morgan fingerprint density at radius 3 is 2.81 bits per heavy atom. The van der Waals surface area contributed by atoms with Crippen molar-refractivity contribution in [3.8, 4) is 5.75 Å². The first kappa shape index (κ1) is 11.7. The van der Waals surface area contributed by atoms with Gasteiger partial charge in [-0.25, -0.2) is 0 Å². The third-order valence-electron chi connectivity index (χ3n) is 3.23. The summed E-state index contributed by atoms with van der Waals surface area (Å²) in [5.41, 5.74) is 3.79. The van der Waals surface area contributed by atoms with Crippen LogP contribution in [-0.2, 0) is 19.3 Å². The Hall–Kier alpha value is -0.730. The lowest BCUT2D eigenvalue weighted by atomic mass is 9.87. The van der Waals surface area contributed by atoms with E-state index < -0.39 is 0 Å². The lowest BCUT2D eigenvalue weighted by molar-refractivity contribution is 0.296. The van der Waals surface area contributed by atoms with Gasteiger partial charge in [0, 0.05) is 12.2 Å². The molecule has 1 aromatic rings. The summed E-state index contributed by atoms with van der Waals surface area (Å²) in [5, 5.41) is 9.81. The van der Waals surface area contributed by atoms with E-state index in [9.17, 15) is 0 Å². The van der Waals surface area contributed by atoms with Gasteiger partial charge in [0.1, 0.15) is 5.75 Å². The van der Waals surface area contributed by atoms with Crippen molar-refractivity contribution in [1.29, 1.82) is 0 Å². The van der Waals surface area contributed by atoms with Gasteiger partial charge >= 0.3 is 0 Å². The van der Waals surface area contributed by atoms with Crippen molar-refractivity contribution in [2.24, 2.45) is 0 Å². The summed E-state index contributed by atoms with van der Waals surface area (Å²) in [4.78, 5) is 0. The fraction of sp³-hybridized carbons (Fsp3) is 0.538. The van der Waals surface area contributed by atoms with E-state index in [-0.39, 0.29) is 6.61 Å². The number of benzene rings is 1. The highest BCUT2D eigenvalue weighted by Crippen LogP contribution is 2.37. The largest absolute Gasteiger partial charge is 0.495 e. The molecule has 88 valence electrons. The quantitative estimate of drug-likeness (QED) is 0.881. The van der Waals surface area contributed by atoms with Crippen molar-refractivity contribution < 1.29 is 9.84 Å². The Labute approximate surface area is 101 Å². The standard InChI is InChI=1S/C13H17ClO2/c1-16-13-11(6-7-15)10-5-3-2-4-9(10)8-12(13)14/h8,15H,2-7H2,1H3. The second-order valence-corrected chi connectivity index (χ2v) is 4.60. The second kappa shape index (κ2) is 5.07. The van der Waals surface area contributed by atoms with E-state index in [1.807, 2.05) is 6.07 Å². The summed E-state index contributed by atoms with van der Waals surface area (Å²) in [6.45, 7) is 0.142. The average molecular weight is 241 g/mol. The van der Waals surface area contributed by atoms with E-state index in [1.165, 1.54) is 24.0 Å². The first-order valence-electron chi connectivity index (χ1n) is 5.76. The van der Waals surface area contributed by atoms with Gasteiger partial charge in [-0.2, -0.15) is 0 Å². The maximum atomic E-state index is 9.13. The predicted octanol–water partition coefficient (Wildman–Crippen LogP) is 2.76. The van der Waals surface area contributed by atoms with Crippen LogP contribution in [0, 0.1) is 0 Å². The number of hydrogen-bond acceptors (Lipinski definition) is 2. The molecule has 0 saturated carbocycles. The lowest BCUT2D eigenvalue weighted by Crippen LogP contribution is -2.10. The zero-order valence-electron chi connectivity index (χ0n) is 9.55. The maximum absolute atomic E-state index is 9.13. The zero-order valence-corrected chi connectivity index (χ0v) is 10.3. The Morgan fingerprint density at radius 1 is 1.38 bits per heavy atom. The van der Waals surface area contributed by atoms with Crippen LogP contribution in [-0.4, -0.2) is 18.8 Å². The molecule has 0 amide bonds. The smallest absolute Gasteiger partial charge is 0.141 e. The van der Waals surface area contributed by atoms with Gasteiger partial charge in [0.25, 0.3) is 0 Å². The van der Waals surface area contributed by atoms with Crippen molar-refractivity contribution in [1.82, 2.24) is 0 Å². The van der Waals surface area contributed by atoms with Gasteiger partial charge < -0.3 is 9.84 Å². The number of ether oxygens (including phenoxy) is 1. The number of aliphatic hydroxyl groups is 1. The Kier molecular flexibility index (Phi) is 3.72. The van der Waals surface area contributed by atoms with E-state index in [4.69, 9.17) is 21.4 Å². The summed E-state index contributed by atoms with van der Waals surface area (Å²) in [6, 6.07) is 2.02. The summed E-state index contributed by atoms with van der Waals surface area (Å²) < 4.78 is 5.35. The highest BCUT2D eigenvalue weighted by Gasteiger charge is 2.19. The molecule has 0 radical (unpaired) electrons. The van der Waals surface area contributed by atoms with Crippen molar-refractivity contribution in [2.45, 2.75) is 32.1 Å². The van der Waals surface area contributed by atoms with Crippen LogP contribution in [0.4, 0.5) is 0 Å². The molecular formula is C13H17ClO2. The molecule has 2 nitrogen and oxygen atoms in total. The van der Waals surface area contributed by atoms with Crippen LogP contribution in [0.15, 0.2) is 6.07 Å². The Morgan fingerprint density at radius 2 is 2.12 bits per heavy atom. The first-order valence-corrected chi connectivity index (χ1v) is 6.13. The number of halogens is 1. The van der Waals surface area contributed by atoms with Crippen molar-refractivity contribution in [2.75, 3.05) is 13.7 Å². The van der Waals surface area contributed by atoms with Crippen LogP contribution in [0.25, 0.3) is 0 Å². The summed E-state index contributed by atoms with van der Waals surface area (Å²) in [7, 11) is 1.64. The third-order valence-corrected chi connectivity index (χ3v) is 3.51. The minimum atomic E-state index is 0.142. The molecule has 1 aromatic carbocycles. The number of rotatable bonds is 3. The number of fused-ring (bicyclic) bond motifs is 1. The van der Waals surface area contributed by atoms with Crippen LogP contribution in [0.2, 0.25) is 5.02 Å². The average Bonchev–Trinajstić information content (AvgIpc) is 2.29. The van der Waals surface area contributed by atoms with Gasteiger partial charge in [0.15, 0.2) is 0 Å². The van der Waals surface area contributed by atoms with Crippen LogP contribution in [0.1, 0.15) is 29.5 Å². The van der Waals surface area contributed by atoms with Gasteiger partial charge in [-0.15, -0.1) is 0 Å². The SMILES string of the molecule is COc1c(Cl)cc2c(c1CCO)CCCC2. The molecule has 1 aliphatic carbocycles. The number of methoxy groups -OCH3 is 1. The van der Waals surface area contributed by atoms with E-state index in [0.717, 1.165) is 24.2 Å². The molecule has 2 rings (SSSR count). The highest BCUT2D eigenvalue weighted by atomic mass is 35.5. The minimum absolute atomic E-state index is 0.142. The minimum Gasteiger partial charge on any atom is -0.495 e. The molecule has 0 saturated heterocycles. The van der Waals surface area contributed by atoms with Crippen LogP contribution in [0.3, 0.4) is 0 Å². The molecule has 0 aliphatic heterocycles. The molecule has 0 atom stereocenters. The van der Waals surface area contributed by atoms with Crippen molar-refractivity contribution >= 4 is 11.6 Å². The van der Waals surface area contributed by atoms with Crippen LogP contribution in [0.5, 0.6) is 5.75 Å². The summed E-state index contributed by atoms with van der Waals surface area (Å²) in [5.74, 6) is 0.747. The third kappa shape index (κ3) is 2.04. The fourth-order valence-corrected chi connectivity index (χ4v) is 2.85. The second-order valence-electron chi connectivity index (χ2n) is 4.19. The Bertz CT molecular complexity index is 388. The maximum Gasteiger partial charge on any atom is 0.141 e. The molecule has 0 bridgehead atoms. The van der Waals surface area contributed by atoms with E-state index in [1.54, 1.807) is 7.11 Å². The molecule has 0 spiro atoms. The van der Waals surface area contributed by atoms with E-state index >= 15 is 0 Å². The molecule has 16 heavy (non-hydrogen) atoms. The van der Waals surface area contributed by atoms with Crippen LogP contribution >= 0.6 is 11.6 Å². The summed E-state index contributed by atoms with van der Waals surface area (Å²) >= 11 is 6.20. The van der Waals surface area contributed by atoms with Gasteiger partial charge in [-0.3, -0.25) is 0 Å². The predicted molar refractivity (Wildman–Crippen MR) is 65.4 cm³/mol. The van der Waals surface area contributed by atoms with E-state index in [2.05, 4.69) is 0 Å². The fourth-order valence-electron chi connectivity index (χ4n) is 2.53. The number of aliphatic hydroxyl groups excluding tert-OH is 1. The zero-order chi connectivity index (χ0) is 11.5. The molecule has 0 unspecified atom stereocenters. The topological polar surface area (TPSA) is 29.5 Å². The molecule has 1 aliphatic rings. The molecule has 0 aromatic heterocycles. The van der Waals surface area contributed by atoms with Gasteiger partial charge in [-0.05, 0) is 49.3 Å². The van der Waals surface area contributed by atoms with E-state index in [0.29, 0.717) is 11.4 Å². The van der Waals surface area contributed by atoms with Crippen LogP contribution < -0.4 is 4.74 Å². The number of hydrogen-bond donors (Lipinski definition) is 1. The molecule has 3 heteroatoms. The lowest BCUT2D eigenvalue weighted by Gasteiger charge is -2.22. The van der Waals surface area contributed by atoms with Crippen molar-refractivity contribution in [3.63, 3.8) is 0 Å². The molecule has 1 N–H and O–H groups in total. The first-order chi connectivity index (χ1) is 7.77. The number of aryl methyl sites for hydroxylation is 1.